The van der Waals surface area contributed by atoms with Crippen molar-refractivity contribution in [3.05, 3.63) is 0 Å². The van der Waals surface area contributed by atoms with Crippen molar-refractivity contribution < 1.29 is 81.6 Å². The molecular weight excluding hydrogens is 560 g/mol. The first-order valence-electron chi connectivity index (χ1n) is 12.4. The molecule has 2 fully saturated rings. The van der Waals surface area contributed by atoms with Gasteiger partial charge >= 0.3 is 35.8 Å². The van der Waals surface area contributed by atoms with Crippen molar-refractivity contribution in [2.75, 3.05) is 13.2 Å². The molecule has 0 amide bonds. The van der Waals surface area contributed by atoms with Crippen LogP contribution in [0.15, 0.2) is 0 Å². The molecule has 0 spiro atoms. The standard InChI is InChI=1S/C24H34O17/c1-9(26)33-8-16-18(34-10(2)27)20(36-12(4)29)22(38-14(6)31)24(40-16)41-23-21(37-13(5)30)19(35-11(3)28)17(32)15(7-25)39-23/h15-25,32H,7-8H2,1-6H3/t15-,16-,17-,18-,19+,20+,21-,22-,23-,24-/m1/s1. The summed E-state index contributed by atoms with van der Waals surface area (Å²) in [5.41, 5.74) is 0. The van der Waals surface area contributed by atoms with Gasteiger partial charge in [0.1, 0.15) is 24.9 Å². The van der Waals surface area contributed by atoms with E-state index in [1.54, 1.807) is 0 Å². The molecule has 2 rings (SSSR count). The first kappa shape index (κ1) is 33.8. The Morgan fingerprint density at radius 2 is 0.951 bits per heavy atom. The average Bonchev–Trinajstić information content (AvgIpc) is 2.83. The van der Waals surface area contributed by atoms with Gasteiger partial charge < -0.3 is 52.8 Å². The van der Waals surface area contributed by atoms with E-state index in [2.05, 4.69) is 0 Å². The summed E-state index contributed by atoms with van der Waals surface area (Å²) in [5, 5.41) is 20.4. The quantitative estimate of drug-likeness (QED) is 0.206. The Kier molecular flexibility index (Phi) is 12.4. The van der Waals surface area contributed by atoms with Crippen LogP contribution < -0.4 is 0 Å². The lowest BCUT2D eigenvalue weighted by atomic mass is 9.97. The minimum atomic E-state index is -1.77. The van der Waals surface area contributed by atoms with Crippen LogP contribution in [0.25, 0.3) is 0 Å². The van der Waals surface area contributed by atoms with E-state index in [4.69, 9.17) is 42.6 Å². The predicted molar refractivity (Wildman–Crippen MR) is 126 cm³/mol. The molecule has 0 saturated carbocycles. The lowest BCUT2D eigenvalue weighted by molar-refractivity contribution is -0.377. The summed E-state index contributed by atoms with van der Waals surface area (Å²) < 4.78 is 48.6. The fraction of sp³-hybridized carbons (Fsp3) is 0.750. The van der Waals surface area contributed by atoms with Crippen LogP contribution in [0.4, 0.5) is 0 Å². The van der Waals surface area contributed by atoms with Gasteiger partial charge in [0.2, 0.25) is 12.6 Å². The largest absolute Gasteiger partial charge is 0.463 e. The molecule has 17 nitrogen and oxygen atoms in total. The van der Waals surface area contributed by atoms with E-state index in [0.717, 1.165) is 41.5 Å². The Bertz CT molecular complexity index is 981. The summed E-state index contributed by atoms with van der Waals surface area (Å²) in [7, 11) is 0. The van der Waals surface area contributed by atoms with Gasteiger partial charge in [0.15, 0.2) is 30.5 Å². The SMILES string of the molecule is CC(=O)OC[C@H]1O[C@H](O[C@H]2O[C@H](CO)[C@@H](O)[C@H](OC(C)=O)[C@H]2OC(C)=O)[C@H](OC(C)=O)[C@@H](OC(C)=O)[C@@H]1OC(C)=O. The molecule has 0 aliphatic carbocycles. The predicted octanol–water partition coefficient (Wildman–Crippen LogP) is -1.97. The van der Waals surface area contributed by atoms with Gasteiger partial charge in [0.25, 0.3) is 0 Å². The average molecular weight is 595 g/mol. The van der Waals surface area contributed by atoms with E-state index >= 15 is 0 Å². The van der Waals surface area contributed by atoms with E-state index in [1.165, 1.54) is 0 Å². The molecule has 0 aromatic carbocycles. The summed E-state index contributed by atoms with van der Waals surface area (Å²) in [6.45, 7) is 4.87. The van der Waals surface area contributed by atoms with Crippen LogP contribution in [-0.4, -0.2) is 121 Å². The molecule has 0 radical (unpaired) electrons. The van der Waals surface area contributed by atoms with Crippen molar-refractivity contribution in [3.8, 4) is 0 Å². The van der Waals surface area contributed by atoms with E-state index in [1.807, 2.05) is 0 Å². The minimum Gasteiger partial charge on any atom is -0.463 e. The molecule has 0 bridgehead atoms. The zero-order valence-corrected chi connectivity index (χ0v) is 23.2. The maximum absolute atomic E-state index is 12.1. The van der Waals surface area contributed by atoms with Gasteiger partial charge in [-0.2, -0.15) is 0 Å². The van der Waals surface area contributed by atoms with E-state index in [-0.39, 0.29) is 0 Å². The summed E-state index contributed by atoms with van der Waals surface area (Å²) in [5.74, 6) is -5.17. The number of hydrogen-bond acceptors (Lipinski definition) is 17. The Labute approximate surface area is 234 Å². The highest BCUT2D eigenvalue weighted by Crippen LogP contribution is 2.34. The highest BCUT2D eigenvalue weighted by Gasteiger charge is 2.56. The molecule has 232 valence electrons. The third-order valence-electron chi connectivity index (χ3n) is 5.62. The van der Waals surface area contributed by atoms with Gasteiger partial charge in [-0.3, -0.25) is 28.8 Å². The number of aliphatic hydroxyl groups is 2. The number of carbonyl (C=O) groups excluding carboxylic acids is 6. The smallest absolute Gasteiger partial charge is 0.303 e. The molecule has 10 atom stereocenters. The van der Waals surface area contributed by atoms with Crippen LogP contribution in [0.3, 0.4) is 0 Å². The molecule has 0 aromatic rings. The molecule has 2 saturated heterocycles. The van der Waals surface area contributed by atoms with Gasteiger partial charge in [0, 0.05) is 41.5 Å². The molecule has 41 heavy (non-hydrogen) atoms. The Balaban J connectivity index is 2.57. The van der Waals surface area contributed by atoms with Crippen LogP contribution in [0.1, 0.15) is 41.5 Å². The number of esters is 6. The lowest BCUT2D eigenvalue weighted by Gasteiger charge is -2.47. The van der Waals surface area contributed by atoms with Gasteiger partial charge in [0.05, 0.1) is 6.61 Å². The zero-order valence-electron chi connectivity index (χ0n) is 23.2. The number of rotatable bonds is 10. The number of aliphatic hydroxyl groups excluding tert-OH is 2. The fourth-order valence-electron chi connectivity index (χ4n) is 4.22. The molecule has 2 aliphatic heterocycles. The van der Waals surface area contributed by atoms with Gasteiger partial charge in [-0.25, -0.2) is 0 Å². The zero-order chi connectivity index (χ0) is 31.0. The van der Waals surface area contributed by atoms with Gasteiger partial charge in [-0.15, -0.1) is 0 Å². The monoisotopic (exact) mass is 594 g/mol. The third-order valence-corrected chi connectivity index (χ3v) is 5.62. The van der Waals surface area contributed by atoms with Crippen molar-refractivity contribution in [1.29, 1.82) is 0 Å². The lowest BCUT2D eigenvalue weighted by Crippen LogP contribution is -2.66. The van der Waals surface area contributed by atoms with Gasteiger partial charge in [-0.1, -0.05) is 0 Å². The topological polar surface area (TPSA) is 226 Å². The van der Waals surface area contributed by atoms with E-state index in [9.17, 15) is 39.0 Å². The second-order valence-electron chi connectivity index (χ2n) is 9.07. The molecule has 0 unspecified atom stereocenters. The van der Waals surface area contributed by atoms with Crippen LogP contribution in [0, 0.1) is 0 Å². The molecule has 2 aliphatic rings. The second-order valence-corrected chi connectivity index (χ2v) is 9.07. The first-order valence-corrected chi connectivity index (χ1v) is 12.4. The molecular formula is C24H34O17. The molecule has 2 heterocycles. The maximum Gasteiger partial charge on any atom is 0.303 e. The Hall–Kier alpha value is -3.38. The van der Waals surface area contributed by atoms with Crippen LogP contribution in [-0.2, 0) is 71.4 Å². The summed E-state index contributed by atoms with van der Waals surface area (Å²) in [4.78, 5) is 71.2. The second kappa shape index (κ2) is 15.0. The van der Waals surface area contributed by atoms with Crippen molar-refractivity contribution in [1.82, 2.24) is 0 Å². The summed E-state index contributed by atoms with van der Waals surface area (Å²) >= 11 is 0. The van der Waals surface area contributed by atoms with Crippen molar-refractivity contribution in [3.63, 3.8) is 0 Å². The highest BCUT2D eigenvalue weighted by molar-refractivity contribution is 5.69. The maximum atomic E-state index is 12.1. The summed E-state index contributed by atoms with van der Waals surface area (Å²) in [6, 6.07) is 0. The third kappa shape index (κ3) is 9.60. The molecule has 17 heteroatoms. The van der Waals surface area contributed by atoms with Crippen molar-refractivity contribution >= 4 is 35.8 Å². The van der Waals surface area contributed by atoms with Crippen LogP contribution in [0.2, 0.25) is 0 Å². The van der Waals surface area contributed by atoms with E-state index in [0.29, 0.717) is 0 Å². The molecule has 2 N–H and O–H groups in total. The fourth-order valence-corrected chi connectivity index (χ4v) is 4.22. The van der Waals surface area contributed by atoms with Crippen LogP contribution in [0.5, 0.6) is 0 Å². The van der Waals surface area contributed by atoms with Gasteiger partial charge in [-0.05, 0) is 0 Å². The van der Waals surface area contributed by atoms with Crippen molar-refractivity contribution in [2.24, 2.45) is 0 Å². The molecule has 0 aromatic heterocycles. The number of ether oxygens (including phenoxy) is 9. The summed E-state index contributed by atoms with van der Waals surface area (Å²) in [6.07, 6.45) is -16.0. The van der Waals surface area contributed by atoms with Crippen LogP contribution >= 0.6 is 0 Å². The normalized spacial score (nSPS) is 33.1. The van der Waals surface area contributed by atoms with E-state index < -0.39 is 110 Å². The first-order chi connectivity index (χ1) is 19.1. The number of carbonyl (C=O) groups is 6. The number of hydrogen-bond donors (Lipinski definition) is 2. The highest BCUT2D eigenvalue weighted by atomic mass is 16.8. The van der Waals surface area contributed by atoms with Crippen molar-refractivity contribution in [2.45, 2.75) is 103 Å². The Morgan fingerprint density at radius 1 is 0.561 bits per heavy atom. The minimum absolute atomic E-state index is 0.551. The Morgan fingerprint density at radius 3 is 1.39 bits per heavy atom.